The van der Waals surface area contributed by atoms with Gasteiger partial charge in [-0.3, -0.25) is 4.90 Å². The van der Waals surface area contributed by atoms with Crippen LogP contribution >= 0.6 is 11.3 Å². The van der Waals surface area contributed by atoms with E-state index in [4.69, 9.17) is 4.42 Å². The zero-order chi connectivity index (χ0) is 16.2. The largest absolute Gasteiger partial charge is 0.464 e. The molecule has 0 unspecified atom stereocenters. The Morgan fingerprint density at radius 1 is 1.30 bits per heavy atom. The van der Waals surface area contributed by atoms with Gasteiger partial charge in [0, 0.05) is 37.6 Å². The summed E-state index contributed by atoms with van der Waals surface area (Å²) in [4.78, 5) is 18.0. The number of furan rings is 1. The molecule has 0 saturated carbocycles. The van der Waals surface area contributed by atoms with E-state index >= 15 is 0 Å². The molecule has 1 aliphatic rings. The fourth-order valence-electron chi connectivity index (χ4n) is 2.77. The quantitative estimate of drug-likeness (QED) is 0.934. The van der Waals surface area contributed by atoms with Crippen LogP contribution in [0.3, 0.4) is 0 Å². The third-order valence-electron chi connectivity index (χ3n) is 4.15. The molecule has 0 aromatic carbocycles. The fraction of sp³-hybridized carbons (Fsp3) is 0.471. The number of thiophene rings is 1. The van der Waals surface area contributed by atoms with Crippen molar-refractivity contribution in [2.24, 2.45) is 0 Å². The van der Waals surface area contributed by atoms with Gasteiger partial charge in [-0.1, -0.05) is 6.07 Å². The highest BCUT2D eigenvalue weighted by molar-refractivity contribution is 7.09. The van der Waals surface area contributed by atoms with Gasteiger partial charge in [-0.15, -0.1) is 11.3 Å². The normalized spacial score (nSPS) is 17.2. The summed E-state index contributed by atoms with van der Waals surface area (Å²) in [5, 5.41) is 5.12. The molecule has 124 valence electrons. The van der Waals surface area contributed by atoms with Crippen molar-refractivity contribution >= 4 is 17.4 Å². The van der Waals surface area contributed by atoms with Crippen molar-refractivity contribution in [2.45, 2.75) is 26.4 Å². The van der Waals surface area contributed by atoms with Crippen LogP contribution < -0.4 is 5.32 Å². The Morgan fingerprint density at radius 2 is 2.09 bits per heavy atom. The highest BCUT2D eigenvalue weighted by Crippen LogP contribution is 2.17. The Morgan fingerprint density at radius 3 is 2.70 bits per heavy atom. The molecule has 0 spiro atoms. The summed E-state index contributed by atoms with van der Waals surface area (Å²) in [6.07, 6.45) is 0. The van der Waals surface area contributed by atoms with Crippen molar-refractivity contribution in [3.63, 3.8) is 0 Å². The Bertz CT molecular complexity index is 630. The van der Waals surface area contributed by atoms with Crippen molar-refractivity contribution in [1.29, 1.82) is 0 Å². The highest BCUT2D eigenvalue weighted by atomic mass is 32.1. The summed E-state index contributed by atoms with van der Waals surface area (Å²) in [6, 6.07) is 7.96. The van der Waals surface area contributed by atoms with Crippen LogP contribution in [0.15, 0.2) is 34.1 Å². The Labute approximate surface area is 140 Å². The Balaban J connectivity index is 1.46. The number of piperazine rings is 1. The van der Waals surface area contributed by atoms with Gasteiger partial charge < -0.3 is 14.6 Å². The second-order valence-electron chi connectivity index (χ2n) is 5.96. The van der Waals surface area contributed by atoms with Crippen LogP contribution in [0.5, 0.6) is 0 Å². The lowest BCUT2D eigenvalue weighted by Gasteiger charge is -2.34. The first-order valence-corrected chi connectivity index (χ1v) is 8.86. The number of rotatable bonds is 4. The van der Waals surface area contributed by atoms with Gasteiger partial charge in [-0.2, -0.15) is 0 Å². The number of nitrogens with zero attached hydrogens (tertiary/aromatic N) is 2. The summed E-state index contributed by atoms with van der Waals surface area (Å²) in [6.45, 7) is 8.20. The zero-order valence-electron chi connectivity index (χ0n) is 13.6. The third-order valence-corrected chi connectivity index (χ3v) is 5.01. The molecule has 1 aliphatic heterocycles. The molecule has 2 aromatic heterocycles. The van der Waals surface area contributed by atoms with Gasteiger partial charge in [0.1, 0.15) is 11.5 Å². The monoisotopic (exact) mass is 333 g/mol. The molecule has 1 fully saturated rings. The van der Waals surface area contributed by atoms with Gasteiger partial charge in [0.15, 0.2) is 0 Å². The van der Waals surface area contributed by atoms with Gasteiger partial charge in [0.25, 0.3) is 0 Å². The number of amides is 2. The van der Waals surface area contributed by atoms with Crippen LogP contribution in [-0.4, -0.2) is 42.0 Å². The maximum atomic E-state index is 12.4. The van der Waals surface area contributed by atoms with Crippen molar-refractivity contribution in [3.05, 3.63) is 46.0 Å². The maximum absolute atomic E-state index is 12.4. The van der Waals surface area contributed by atoms with Gasteiger partial charge in [-0.05, 0) is 37.4 Å². The Hall–Kier alpha value is -1.79. The van der Waals surface area contributed by atoms with Gasteiger partial charge in [-0.25, -0.2) is 4.79 Å². The summed E-state index contributed by atoms with van der Waals surface area (Å²) >= 11 is 1.79. The standard InChI is InChI=1S/C17H23N3O2S/c1-13-5-6-16(22-13)14(2)18-17(21)20-9-7-19(8-10-20)12-15-4-3-11-23-15/h3-6,11,14H,7-10,12H2,1-2H3,(H,18,21)/t14-/m1/s1. The average molecular weight is 333 g/mol. The number of nitrogens with one attached hydrogen (secondary N) is 1. The van der Waals surface area contributed by atoms with Crippen molar-refractivity contribution in [3.8, 4) is 0 Å². The van der Waals surface area contributed by atoms with Crippen molar-refractivity contribution in [1.82, 2.24) is 15.1 Å². The number of urea groups is 1. The molecule has 2 aromatic rings. The number of hydrogen-bond acceptors (Lipinski definition) is 4. The van der Waals surface area contributed by atoms with E-state index in [1.165, 1.54) is 4.88 Å². The maximum Gasteiger partial charge on any atom is 0.318 e. The van der Waals surface area contributed by atoms with E-state index in [1.54, 1.807) is 11.3 Å². The molecule has 23 heavy (non-hydrogen) atoms. The predicted octanol–water partition coefficient (Wildman–Crippen LogP) is 3.24. The first-order chi connectivity index (χ1) is 11.1. The first-order valence-electron chi connectivity index (χ1n) is 7.98. The number of aryl methyl sites for hydroxylation is 1. The molecule has 3 rings (SSSR count). The zero-order valence-corrected chi connectivity index (χ0v) is 14.4. The summed E-state index contributed by atoms with van der Waals surface area (Å²) in [7, 11) is 0. The van der Waals surface area contributed by atoms with Crippen LogP contribution in [0, 0.1) is 6.92 Å². The molecular weight excluding hydrogens is 310 g/mol. The number of carbonyl (C=O) groups excluding carboxylic acids is 1. The van der Waals surface area contributed by atoms with E-state index in [2.05, 4.69) is 27.7 Å². The molecule has 0 bridgehead atoms. The van der Waals surface area contributed by atoms with E-state index < -0.39 is 0 Å². The molecule has 1 atom stereocenters. The van der Waals surface area contributed by atoms with Crippen molar-refractivity contribution < 1.29 is 9.21 Å². The van der Waals surface area contributed by atoms with Crippen LogP contribution in [0.25, 0.3) is 0 Å². The SMILES string of the molecule is Cc1ccc([C@@H](C)NC(=O)N2CCN(Cc3cccs3)CC2)o1. The second-order valence-corrected chi connectivity index (χ2v) is 6.99. The molecule has 0 aliphatic carbocycles. The second kappa shape index (κ2) is 7.19. The Kier molecular flexibility index (Phi) is 5.03. The van der Waals surface area contributed by atoms with Crippen molar-refractivity contribution in [2.75, 3.05) is 26.2 Å². The smallest absolute Gasteiger partial charge is 0.318 e. The lowest BCUT2D eigenvalue weighted by molar-refractivity contribution is 0.133. The third kappa shape index (κ3) is 4.14. The highest BCUT2D eigenvalue weighted by Gasteiger charge is 2.23. The molecule has 0 radical (unpaired) electrons. The van der Waals surface area contributed by atoms with E-state index in [0.29, 0.717) is 0 Å². The summed E-state index contributed by atoms with van der Waals surface area (Å²) in [5.74, 6) is 1.66. The fourth-order valence-corrected chi connectivity index (χ4v) is 3.51. The van der Waals surface area contributed by atoms with Crippen LogP contribution in [-0.2, 0) is 6.54 Å². The van der Waals surface area contributed by atoms with Gasteiger partial charge in [0.2, 0.25) is 0 Å². The van der Waals surface area contributed by atoms with E-state index in [1.807, 2.05) is 30.9 Å². The predicted molar refractivity (Wildman–Crippen MR) is 91.6 cm³/mol. The lowest BCUT2D eigenvalue weighted by Crippen LogP contribution is -2.51. The molecular formula is C17H23N3O2S. The van der Waals surface area contributed by atoms with Gasteiger partial charge in [0.05, 0.1) is 6.04 Å². The average Bonchev–Trinajstić information content (AvgIpc) is 3.19. The van der Waals surface area contributed by atoms with E-state index in [0.717, 1.165) is 44.2 Å². The molecule has 1 N–H and O–H groups in total. The minimum absolute atomic E-state index is 0.0117. The minimum Gasteiger partial charge on any atom is -0.464 e. The molecule has 2 amide bonds. The molecule has 1 saturated heterocycles. The summed E-state index contributed by atoms with van der Waals surface area (Å²) < 4.78 is 5.57. The van der Waals surface area contributed by atoms with Crippen LogP contribution in [0.1, 0.15) is 29.4 Å². The molecule has 5 nitrogen and oxygen atoms in total. The molecule has 6 heteroatoms. The van der Waals surface area contributed by atoms with Crippen LogP contribution in [0.4, 0.5) is 4.79 Å². The van der Waals surface area contributed by atoms with E-state index in [9.17, 15) is 4.79 Å². The number of carbonyl (C=O) groups is 1. The topological polar surface area (TPSA) is 48.7 Å². The minimum atomic E-state index is -0.111. The van der Waals surface area contributed by atoms with E-state index in [-0.39, 0.29) is 12.1 Å². The van der Waals surface area contributed by atoms with Gasteiger partial charge >= 0.3 is 6.03 Å². The number of hydrogen-bond donors (Lipinski definition) is 1. The van der Waals surface area contributed by atoms with Crippen LogP contribution in [0.2, 0.25) is 0 Å². The lowest BCUT2D eigenvalue weighted by atomic mass is 10.2. The first kappa shape index (κ1) is 16.1. The molecule has 3 heterocycles. The summed E-state index contributed by atoms with van der Waals surface area (Å²) in [5.41, 5.74) is 0.